The normalized spacial score (nSPS) is 16.9. The van der Waals surface area contributed by atoms with Crippen LogP contribution in [-0.4, -0.2) is 59.9 Å². The third-order valence-electron chi connectivity index (χ3n) is 7.40. The summed E-state index contributed by atoms with van der Waals surface area (Å²) in [5.74, 6) is 1.38. The van der Waals surface area contributed by atoms with E-state index < -0.39 is 0 Å². The largest absolute Gasteiger partial charge is 0.497 e. The molecule has 2 aromatic carbocycles. The number of amides is 2. The van der Waals surface area contributed by atoms with E-state index in [0.717, 1.165) is 66.7 Å². The summed E-state index contributed by atoms with van der Waals surface area (Å²) < 4.78 is 5.31. The molecule has 1 N–H and O–H groups in total. The van der Waals surface area contributed by atoms with Gasteiger partial charge in [0.2, 0.25) is 11.8 Å². The molecule has 0 radical (unpaired) electrons. The number of aromatic nitrogens is 1. The second kappa shape index (κ2) is 9.92. The molecule has 0 bridgehead atoms. The molecule has 2 aliphatic rings. The number of ether oxygens (including phenoxy) is 1. The van der Waals surface area contributed by atoms with Crippen molar-refractivity contribution in [1.82, 2.24) is 14.8 Å². The van der Waals surface area contributed by atoms with Crippen LogP contribution < -0.4 is 4.74 Å². The molecule has 2 aliphatic heterocycles. The zero-order valence-electron chi connectivity index (χ0n) is 19.9. The summed E-state index contributed by atoms with van der Waals surface area (Å²) in [5.41, 5.74) is 4.40. The van der Waals surface area contributed by atoms with Crippen LogP contribution in [0, 0.1) is 5.92 Å². The number of nitrogens with zero attached hydrogens (tertiary/aromatic N) is 2. The number of methoxy groups -OCH3 is 1. The number of carbonyl (C=O) groups is 2. The van der Waals surface area contributed by atoms with E-state index in [1.807, 2.05) is 34.1 Å². The van der Waals surface area contributed by atoms with E-state index in [1.165, 1.54) is 5.56 Å². The molecule has 6 nitrogen and oxygen atoms in total. The molecular formula is C28H33N3O3. The Hall–Kier alpha value is -3.28. The van der Waals surface area contributed by atoms with Gasteiger partial charge in [0, 0.05) is 55.1 Å². The van der Waals surface area contributed by atoms with Gasteiger partial charge in [-0.25, -0.2) is 0 Å². The quantitative estimate of drug-likeness (QED) is 0.584. The lowest BCUT2D eigenvalue weighted by atomic mass is 9.94. The van der Waals surface area contributed by atoms with Crippen LogP contribution in [0.5, 0.6) is 5.75 Å². The SMILES string of the molecule is COc1ccc(-c2[nH]c3ccccc3c2CCC(=O)N2CCC(C(=O)N3CCCC3)CC2)cc1. The van der Waals surface area contributed by atoms with Crippen LogP contribution >= 0.6 is 0 Å². The van der Waals surface area contributed by atoms with Gasteiger partial charge >= 0.3 is 0 Å². The molecule has 0 unspecified atom stereocenters. The molecule has 0 spiro atoms. The standard InChI is InChI=1S/C28H33N3O3/c1-34-22-10-8-20(9-11-22)27-24(23-6-2-3-7-25(23)29-27)12-13-26(32)30-18-14-21(15-19-30)28(33)31-16-4-5-17-31/h2-3,6-11,21,29H,4-5,12-19H2,1H3. The van der Waals surface area contributed by atoms with E-state index in [9.17, 15) is 9.59 Å². The van der Waals surface area contributed by atoms with Gasteiger partial charge < -0.3 is 19.5 Å². The third kappa shape index (κ3) is 4.54. The number of hydrogen-bond acceptors (Lipinski definition) is 3. The van der Waals surface area contributed by atoms with Gasteiger partial charge in [-0.3, -0.25) is 9.59 Å². The molecule has 34 heavy (non-hydrogen) atoms. The lowest BCUT2D eigenvalue weighted by Crippen LogP contribution is -2.43. The Bertz CT molecular complexity index is 1150. The topological polar surface area (TPSA) is 65.6 Å². The van der Waals surface area contributed by atoms with E-state index in [4.69, 9.17) is 4.74 Å². The number of nitrogens with one attached hydrogen (secondary N) is 1. The number of carbonyl (C=O) groups excluding carboxylic acids is 2. The minimum Gasteiger partial charge on any atom is -0.497 e. The molecule has 3 heterocycles. The summed E-state index contributed by atoms with van der Waals surface area (Å²) in [6.07, 6.45) is 4.95. The van der Waals surface area contributed by atoms with Crippen molar-refractivity contribution in [1.29, 1.82) is 0 Å². The van der Waals surface area contributed by atoms with Crippen LogP contribution in [0.2, 0.25) is 0 Å². The fourth-order valence-electron chi connectivity index (χ4n) is 5.43. The van der Waals surface area contributed by atoms with Crippen molar-refractivity contribution in [3.05, 3.63) is 54.1 Å². The number of hydrogen-bond donors (Lipinski definition) is 1. The molecule has 2 fully saturated rings. The molecule has 1 aromatic heterocycles. The second-order valence-electron chi connectivity index (χ2n) is 9.44. The highest BCUT2D eigenvalue weighted by atomic mass is 16.5. The highest BCUT2D eigenvalue weighted by Crippen LogP contribution is 2.32. The Morgan fingerprint density at radius 1 is 0.941 bits per heavy atom. The maximum atomic E-state index is 13.1. The molecule has 0 aliphatic carbocycles. The lowest BCUT2D eigenvalue weighted by Gasteiger charge is -2.33. The van der Waals surface area contributed by atoms with E-state index in [1.54, 1.807) is 7.11 Å². The molecule has 0 saturated carbocycles. The van der Waals surface area contributed by atoms with Crippen LogP contribution in [0.3, 0.4) is 0 Å². The van der Waals surface area contributed by atoms with Gasteiger partial charge in [-0.2, -0.15) is 0 Å². The Balaban J connectivity index is 1.26. The molecule has 6 heteroatoms. The van der Waals surface area contributed by atoms with E-state index in [-0.39, 0.29) is 11.8 Å². The Morgan fingerprint density at radius 3 is 2.35 bits per heavy atom. The number of piperidine rings is 1. The second-order valence-corrected chi connectivity index (χ2v) is 9.44. The van der Waals surface area contributed by atoms with Crippen LogP contribution in [0.1, 0.15) is 37.7 Å². The maximum Gasteiger partial charge on any atom is 0.225 e. The van der Waals surface area contributed by atoms with Crippen molar-refractivity contribution < 1.29 is 14.3 Å². The summed E-state index contributed by atoms with van der Waals surface area (Å²) in [4.78, 5) is 33.3. The summed E-state index contributed by atoms with van der Waals surface area (Å²) in [6, 6.07) is 16.3. The highest BCUT2D eigenvalue weighted by Gasteiger charge is 2.31. The monoisotopic (exact) mass is 459 g/mol. The van der Waals surface area contributed by atoms with Crippen molar-refractivity contribution in [2.24, 2.45) is 5.92 Å². The van der Waals surface area contributed by atoms with Crippen LogP contribution in [-0.2, 0) is 16.0 Å². The van der Waals surface area contributed by atoms with E-state index >= 15 is 0 Å². The zero-order chi connectivity index (χ0) is 23.5. The third-order valence-corrected chi connectivity index (χ3v) is 7.40. The van der Waals surface area contributed by atoms with Crippen molar-refractivity contribution in [3.63, 3.8) is 0 Å². The first-order valence-electron chi connectivity index (χ1n) is 12.4. The first kappa shape index (κ1) is 22.5. The predicted molar refractivity (Wildman–Crippen MR) is 134 cm³/mol. The highest BCUT2D eigenvalue weighted by molar-refractivity contribution is 5.91. The van der Waals surface area contributed by atoms with Crippen molar-refractivity contribution in [2.75, 3.05) is 33.3 Å². The molecule has 3 aromatic rings. The minimum atomic E-state index is 0.0810. The smallest absolute Gasteiger partial charge is 0.225 e. The van der Waals surface area contributed by atoms with Gasteiger partial charge in [-0.15, -0.1) is 0 Å². The zero-order valence-corrected chi connectivity index (χ0v) is 19.9. The first-order chi connectivity index (χ1) is 16.6. The maximum absolute atomic E-state index is 13.1. The number of fused-ring (bicyclic) bond motifs is 1. The summed E-state index contributed by atoms with van der Waals surface area (Å²) in [6.45, 7) is 3.17. The molecular weight excluding hydrogens is 426 g/mol. The molecule has 2 amide bonds. The summed E-state index contributed by atoms with van der Waals surface area (Å²) in [5, 5.41) is 1.16. The van der Waals surface area contributed by atoms with Gasteiger partial charge in [0.1, 0.15) is 5.75 Å². The number of para-hydroxylation sites is 1. The number of H-pyrrole nitrogens is 1. The summed E-state index contributed by atoms with van der Waals surface area (Å²) >= 11 is 0. The number of aromatic amines is 1. The van der Waals surface area contributed by atoms with Gasteiger partial charge in [-0.05, 0) is 73.6 Å². The van der Waals surface area contributed by atoms with Gasteiger partial charge in [0.05, 0.1) is 7.11 Å². The fraction of sp³-hybridized carbons (Fsp3) is 0.429. The Labute approximate surface area is 200 Å². The van der Waals surface area contributed by atoms with Gasteiger partial charge in [0.25, 0.3) is 0 Å². The first-order valence-corrected chi connectivity index (χ1v) is 12.4. The number of likely N-dealkylation sites (tertiary alicyclic amines) is 2. The van der Waals surface area contributed by atoms with Gasteiger partial charge in [0.15, 0.2) is 0 Å². The van der Waals surface area contributed by atoms with Crippen LogP contribution in [0.15, 0.2) is 48.5 Å². The lowest BCUT2D eigenvalue weighted by molar-refractivity contribution is -0.140. The van der Waals surface area contributed by atoms with Crippen molar-refractivity contribution >= 4 is 22.7 Å². The number of aryl methyl sites for hydroxylation is 1. The average molecular weight is 460 g/mol. The minimum absolute atomic E-state index is 0.0810. The van der Waals surface area contributed by atoms with E-state index in [2.05, 4.69) is 29.2 Å². The predicted octanol–water partition coefficient (Wildman–Crippen LogP) is 4.64. The Kier molecular flexibility index (Phi) is 6.57. The Morgan fingerprint density at radius 2 is 1.65 bits per heavy atom. The van der Waals surface area contributed by atoms with Crippen LogP contribution in [0.25, 0.3) is 22.2 Å². The molecule has 5 rings (SSSR count). The van der Waals surface area contributed by atoms with Crippen molar-refractivity contribution in [3.8, 4) is 17.0 Å². The van der Waals surface area contributed by atoms with Crippen molar-refractivity contribution in [2.45, 2.75) is 38.5 Å². The van der Waals surface area contributed by atoms with E-state index in [0.29, 0.717) is 31.8 Å². The van der Waals surface area contributed by atoms with Gasteiger partial charge in [-0.1, -0.05) is 18.2 Å². The fourth-order valence-corrected chi connectivity index (χ4v) is 5.43. The molecule has 0 atom stereocenters. The average Bonchev–Trinajstić information content (AvgIpc) is 3.55. The van der Waals surface area contributed by atoms with Crippen LogP contribution in [0.4, 0.5) is 0 Å². The summed E-state index contributed by atoms with van der Waals surface area (Å²) in [7, 11) is 1.67. The number of rotatable bonds is 6. The molecule has 178 valence electrons. The molecule has 2 saturated heterocycles. The number of benzene rings is 2.